The molecule has 1 atom stereocenters. The molecule has 0 saturated heterocycles. The van der Waals surface area contributed by atoms with Crippen molar-refractivity contribution in [2.75, 3.05) is 21.3 Å². The first-order valence-corrected chi connectivity index (χ1v) is 9.65. The van der Waals surface area contributed by atoms with Crippen LogP contribution in [0.5, 0.6) is 11.5 Å². The molecule has 0 radical (unpaired) electrons. The number of carbonyl (C=O) groups excluding carboxylic acids is 2. The number of nitrogens with one attached hydrogen (secondary N) is 1. The van der Waals surface area contributed by atoms with E-state index in [1.807, 2.05) is 13.8 Å². The van der Waals surface area contributed by atoms with Crippen molar-refractivity contribution in [3.8, 4) is 17.6 Å². The van der Waals surface area contributed by atoms with Gasteiger partial charge in [0.05, 0.1) is 44.5 Å². The van der Waals surface area contributed by atoms with Crippen LogP contribution < -0.4 is 14.8 Å². The molecule has 3 rings (SSSR count). The Morgan fingerprint density at radius 2 is 1.90 bits per heavy atom. The Balaban J connectivity index is 2.37. The summed E-state index contributed by atoms with van der Waals surface area (Å²) in [5, 5.41) is 13.2. The van der Waals surface area contributed by atoms with Crippen molar-refractivity contribution in [2.45, 2.75) is 39.5 Å². The fourth-order valence-corrected chi connectivity index (χ4v) is 4.34. The van der Waals surface area contributed by atoms with Gasteiger partial charge in [-0.15, -0.1) is 0 Å². The van der Waals surface area contributed by atoms with E-state index in [9.17, 15) is 14.9 Å². The van der Waals surface area contributed by atoms with Crippen molar-refractivity contribution in [2.24, 2.45) is 5.41 Å². The van der Waals surface area contributed by atoms with Crippen LogP contribution >= 0.6 is 0 Å². The van der Waals surface area contributed by atoms with Crippen LogP contribution in [0.15, 0.2) is 34.7 Å². The average molecular weight is 410 g/mol. The molecule has 7 nitrogen and oxygen atoms in total. The monoisotopic (exact) mass is 410 g/mol. The molecule has 0 saturated carbocycles. The number of allylic oxidation sites excluding steroid dienone is 4. The van der Waals surface area contributed by atoms with Gasteiger partial charge < -0.3 is 19.5 Å². The molecule has 1 aromatic carbocycles. The van der Waals surface area contributed by atoms with E-state index in [-0.39, 0.29) is 16.8 Å². The number of hydrogen-bond acceptors (Lipinski definition) is 7. The lowest BCUT2D eigenvalue weighted by molar-refractivity contribution is -0.118. The van der Waals surface area contributed by atoms with E-state index in [1.165, 1.54) is 21.3 Å². The lowest BCUT2D eigenvalue weighted by Crippen LogP contribution is -2.37. The number of rotatable bonds is 4. The lowest BCUT2D eigenvalue weighted by atomic mass is 9.68. The van der Waals surface area contributed by atoms with Gasteiger partial charge >= 0.3 is 5.97 Å². The van der Waals surface area contributed by atoms with E-state index in [1.54, 1.807) is 19.1 Å². The number of nitriles is 1. The summed E-state index contributed by atoms with van der Waals surface area (Å²) in [6.07, 6.45) is 1.01. The number of hydrogen-bond donors (Lipinski definition) is 1. The van der Waals surface area contributed by atoms with E-state index < -0.39 is 11.9 Å². The van der Waals surface area contributed by atoms with Crippen LogP contribution in [-0.4, -0.2) is 33.1 Å². The molecule has 7 heteroatoms. The minimum absolute atomic E-state index is 0.0484. The number of ether oxygens (including phenoxy) is 3. The number of ketones is 1. The van der Waals surface area contributed by atoms with Crippen LogP contribution in [0.4, 0.5) is 0 Å². The summed E-state index contributed by atoms with van der Waals surface area (Å²) in [5.74, 6) is -0.611. The molecule has 2 aliphatic rings. The van der Waals surface area contributed by atoms with Gasteiger partial charge in [0.2, 0.25) is 0 Å². The molecule has 0 spiro atoms. The molecule has 0 amide bonds. The van der Waals surface area contributed by atoms with Crippen LogP contribution in [0.2, 0.25) is 0 Å². The minimum Gasteiger partial charge on any atom is -0.497 e. The van der Waals surface area contributed by atoms with E-state index in [4.69, 9.17) is 14.2 Å². The lowest BCUT2D eigenvalue weighted by Gasteiger charge is -2.39. The van der Waals surface area contributed by atoms with Gasteiger partial charge in [0, 0.05) is 35.0 Å². The van der Waals surface area contributed by atoms with Crippen LogP contribution in [0, 0.1) is 16.7 Å². The minimum atomic E-state index is -0.732. The van der Waals surface area contributed by atoms with Gasteiger partial charge in [-0.25, -0.2) is 4.79 Å². The maximum Gasteiger partial charge on any atom is 0.338 e. The van der Waals surface area contributed by atoms with Crippen molar-refractivity contribution in [1.29, 1.82) is 5.26 Å². The molecule has 1 heterocycles. The quantitative estimate of drug-likeness (QED) is 0.757. The zero-order chi connectivity index (χ0) is 22.2. The first-order chi connectivity index (χ1) is 14.2. The number of methoxy groups -OCH3 is 3. The number of carbonyl (C=O) groups is 2. The molecular weight excluding hydrogens is 384 g/mol. The summed E-state index contributed by atoms with van der Waals surface area (Å²) in [7, 11) is 4.24. The average Bonchev–Trinajstić information content (AvgIpc) is 2.70. The third-order valence-electron chi connectivity index (χ3n) is 5.63. The molecule has 1 aromatic rings. The van der Waals surface area contributed by atoms with Gasteiger partial charge in [-0.2, -0.15) is 5.26 Å². The topological polar surface area (TPSA) is 97.7 Å². The Hall–Kier alpha value is -3.27. The van der Waals surface area contributed by atoms with Gasteiger partial charge in [0.15, 0.2) is 5.78 Å². The third kappa shape index (κ3) is 3.54. The predicted molar refractivity (Wildman–Crippen MR) is 110 cm³/mol. The zero-order valence-electron chi connectivity index (χ0n) is 18.1. The van der Waals surface area contributed by atoms with E-state index in [0.29, 0.717) is 46.7 Å². The van der Waals surface area contributed by atoms with Crippen molar-refractivity contribution in [3.63, 3.8) is 0 Å². The molecule has 0 bridgehead atoms. The molecule has 0 unspecified atom stereocenters. The molecule has 0 aromatic heterocycles. The third-order valence-corrected chi connectivity index (χ3v) is 5.63. The smallest absolute Gasteiger partial charge is 0.338 e. The highest BCUT2D eigenvalue weighted by Crippen LogP contribution is 2.49. The van der Waals surface area contributed by atoms with Gasteiger partial charge in [-0.05, 0) is 24.8 Å². The molecule has 1 N–H and O–H groups in total. The largest absolute Gasteiger partial charge is 0.497 e. The maximum atomic E-state index is 13.3. The highest BCUT2D eigenvalue weighted by atomic mass is 16.5. The second-order valence-corrected chi connectivity index (χ2v) is 8.32. The van der Waals surface area contributed by atoms with Gasteiger partial charge in [0.1, 0.15) is 11.5 Å². The maximum absolute atomic E-state index is 13.3. The second kappa shape index (κ2) is 7.86. The normalized spacial score (nSPS) is 20.2. The molecule has 158 valence electrons. The Morgan fingerprint density at radius 1 is 1.20 bits per heavy atom. The summed E-state index contributed by atoms with van der Waals surface area (Å²) < 4.78 is 15.9. The summed E-state index contributed by atoms with van der Waals surface area (Å²) in [6, 6.07) is 5.43. The highest BCUT2D eigenvalue weighted by Gasteiger charge is 2.43. The van der Waals surface area contributed by atoms with Crippen molar-refractivity contribution < 1.29 is 23.8 Å². The molecular formula is C23H26N2O5. The second-order valence-electron chi connectivity index (χ2n) is 8.32. The number of benzene rings is 1. The van der Waals surface area contributed by atoms with Crippen molar-refractivity contribution >= 4 is 11.8 Å². The van der Waals surface area contributed by atoms with Crippen molar-refractivity contribution in [1.82, 2.24) is 5.32 Å². The van der Waals surface area contributed by atoms with E-state index in [2.05, 4.69) is 11.4 Å². The molecule has 0 fully saturated rings. The number of nitrogens with zero attached hydrogens (tertiary/aromatic N) is 1. The van der Waals surface area contributed by atoms with Gasteiger partial charge in [-0.3, -0.25) is 4.79 Å². The van der Waals surface area contributed by atoms with Crippen LogP contribution in [0.3, 0.4) is 0 Å². The van der Waals surface area contributed by atoms with Crippen LogP contribution in [-0.2, 0) is 9.53 Å². The van der Waals surface area contributed by atoms with E-state index >= 15 is 0 Å². The summed E-state index contributed by atoms with van der Waals surface area (Å²) in [6.45, 7) is 5.88. The standard InChI is InChI=1S/C23H26N2O5/c1-12-15(11-24)20(21-16(25-12)9-23(2,3)10-17(21)26)19-14(22(27)30-6)7-13(28-4)8-18(19)29-5/h7-8,20,25H,9-10H2,1-6H3/t20-/m1/s1. The van der Waals surface area contributed by atoms with Crippen molar-refractivity contribution in [3.05, 3.63) is 45.8 Å². The molecule has 1 aliphatic heterocycles. The Morgan fingerprint density at radius 3 is 2.47 bits per heavy atom. The van der Waals surface area contributed by atoms with Gasteiger partial charge in [-0.1, -0.05) is 13.8 Å². The summed E-state index contributed by atoms with van der Waals surface area (Å²) in [5.41, 5.74) is 2.74. The fraction of sp³-hybridized carbons (Fsp3) is 0.435. The van der Waals surface area contributed by atoms with Crippen LogP contribution in [0.1, 0.15) is 55.5 Å². The van der Waals surface area contributed by atoms with Gasteiger partial charge in [0.25, 0.3) is 0 Å². The predicted octanol–water partition coefficient (Wildman–Crippen LogP) is 3.62. The summed E-state index contributed by atoms with van der Waals surface area (Å²) in [4.78, 5) is 25.9. The fourth-order valence-electron chi connectivity index (χ4n) is 4.34. The highest BCUT2D eigenvalue weighted by molar-refractivity contribution is 6.02. The number of esters is 1. The molecule has 30 heavy (non-hydrogen) atoms. The SMILES string of the molecule is COC(=O)c1cc(OC)cc(OC)c1[C@H]1C(C#N)=C(C)NC2=C1C(=O)CC(C)(C)C2. The number of dihydropyridines is 1. The first-order valence-electron chi connectivity index (χ1n) is 9.65. The number of Topliss-reactive ketones (excluding diaryl/α,β-unsaturated/α-hetero) is 1. The zero-order valence-corrected chi connectivity index (χ0v) is 18.1. The Labute approximate surface area is 176 Å². The Kier molecular flexibility index (Phi) is 5.62. The van der Waals surface area contributed by atoms with Crippen LogP contribution in [0.25, 0.3) is 0 Å². The first kappa shape index (κ1) is 21.4. The molecule has 1 aliphatic carbocycles. The van der Waals surface area contributed by atoms with E-state index in [0.717, 1.165) is 5.70 Å². The summed E-state index contributed by atoms with van der Waals surface area (Å²) >= 11 is 0. The Bertz CT molecular complexity index is 1030.